The third-order valence-electron chi connectivity index (χ3n) is 3.66. The Morgan fingerprint density at radius 2 is 1.40 bits per heavy atom. The highest BCUT2D eigenvalue weighted by molar-refractivity contribution is 4.72. The molecule has 5 nitrogen and oxygen atoms in total. The molecule has 1 aliphatic carbocycles. The van der Waals surface area contributed by atoms with E-state index >= 15 is 0 Å². The fraction of sp³-hybridized carbons (Fsp3) is 1.00. The number of ether oxygens (including phenoxy) is 4. The lowest BCUT2D eigenvalue weighted by molar-refractivity contribution is -0.0318. The maximum Gasteiger partial charge on any atom is 0.0801 e. The summed E-state index contributed by atoms with van der Waals surface area (Å²) in [6.45, 7) is 3.86. The molecule has 0 aromatic carbocycles. The Kier molecular flexibility index (Phi) is 11.2. The molecule has 1 N–H and O–H groups in total. The molecule has 0 bridgehead atoms. The summed E-state index contributed by atoms with van der Waals surface area (Å²) in [4.78, 5) is 0. The monoisotopic (exact) mass is 290 g/mol. The summed E-state index contributed by atoms with van der Waals surface area (Å²) in [5.74, 6) is 0.429. The second-order valence-corrected chi connectivity index (χ2v) is 5.26. The van der Waals surface area contributed by atoms with E-state index in [1.54, 1.807) is 7.11 Å². The number of hydrogen-bond donors (Lipinski definition) is 1. The predicted molar refractivity (Wildman–Crippen MR) is 76.9 cm³/mol. The quantitative estimate of drug-likeness (QED) is 0.554. The smallest absolute Gasteiger partial charge is 0.0801 e. The first-order chi connectivity index (χ1) is 9.84. The Labute approximate surface area is 122 Å². The number of rotatable bonds is 12. The zero-order chi connectivity index (χ0) is 14.5. The highest BCUT2D eigenvalue weighted by atomic mass is 16.6. The van der Waals surface area contributed by atoms with Crippen molar-refractivity contribution in [3.63, 3.8) is 0 Å². The van der Waals surface area contributed by atoms with Crippen LogP contribution < -0.4 is 0 Å². The van der Waals surface area contributed by atoms with Gasteiger partial charge in [0.15, 0.2) is 0 Å². The first-order valence-corrected chi connectivity index (χ1v) is 7.75. The van der Waals surface area contributed by atoms with Crippen LogP contribution in [0.4, 0.5) is 0 Å². The van der Waals surface area contributed by atoms with Crippen molar-refractivity contribution in [2.24, 2.45) is 5.92 Å². The van der Waals surface area contributed by atoms with Crippen molar-refractivity contribution in [3.05, 3.63) is 0 Å². The third-order valence-corrected chi connectivity index (χ3v) is 3.66. The number of aliphatic hydroxyl groups excluding tert-OH is 1. The van der Waals surface area contributed by atoms with Crippen LogP contribution in [0.15, 0.2) is 0 Å². The van der Waals surface area contributed by atoms with Gasteiger partial charge >= 0.3 is 0 Å². The number of methoxy groups -OCH3 is 1. The molecule has 0 spiro atoms. The Hall–Kier alpha value is -0.200. The van der Waals surface area contributed by atoms with Gasteiger partial charge in [-0.1, -0.05) is 19.3 Å². The Morgan fingerprint density at radius 3 is 2.00 bits per heavy atom. The first kappa shape index (κ1) is 17.9. The third kappa shape index (κ3) is 8.87. The second-order valence-electron chi connectivity index (χ2n) is 5.26. The summed E-state index contributed by atoms with van der Waals surface area (Å²) in [7, 11) is 1.65. The first-order valence-electron chi connectivity index (χ1n) is 7.75. The summed E-state index contributed by atoms with van der Waals surface area (Å²) in [5, 5.41) is 10.00. The van der Waals surface area contributed by atoms with E-state index in [0.29, 0.717) is 52.2 Å². The van der Waals surface area contributed by atoms with Crippen LogP contribution in [0, 0.1) is 5.92 Å². The highest BCUT2D eigenvalue weighted by Crippen LogP contribution is 2.26. The molecule has 0 aliphatic heterocycles. The van der Waals surface area contributed by atoms with E-state index in [1.807, 2.05) is 0 Å². The van der Waals surface area contributed by atoms with Crippen molar-refractivity contribution in [2.45, 2.75) is 38.2 Å². The normalized spacial score (nSPS) is 18.3. The molecule has 5 heteroatoms. The van der Waals surface area contributed by atoms with E-state index in [4.69, 9.17) is 18.9 Å². The van der Waals surface area contributed by atoms with E-state index in [0.717, 1.165) is 12.8 Å². The van der Waals surface area contributed by atoms with Gasteiger partial charge in [-0.25, -0.2) is 0 Å². The molecule has 1 saturated carbocycles. The highest BCUT2D eigenvalue weighted by Gasteiger charge is 2.21. The van der Waals surface area contributed by atoms with E-state index in [9.17, 15) is 5.11 Å². The fourth-order valence-corrected chi connectivity index (χ4v) is 2.44. The Morgan fingerprint density at radius 1 is 0.850 bits per heavy atom. The standard InChI is InChI=1S/C15H30O5/c1-17-7-8-18-9-10-19-11-12-20-13-15(16)14-5-3-2-4-6-14/h14-16H,2-13H2,1H3. The van der Waals surface area contributed by atoms with Gasteiger partial charge in [-0.3, -0.25) is 0 Å². The van der Waals surface area contributed by atoms with Crippen molar-refractivity contribution in [2.75, 3.05) is 53.4 Å². The SMILES string of the molecule is COCCOCCOCCOCC(O)C1CCCCC1. The summed E-state index contributed by atoms with van der Waals surface area (Å²) in [6, 6.07) is 0. The van der Waals surface area contributed by atoms with Crippen molar-refractivity contribution in [3.8, 4) is 0 Å². The van der Waals surface area contributed by atoms with E-state index in [1.165, 1.54) is 19.3 Å². The van der Waals surface area contributed by atoms with Gasteiger partial charge in [0.2, 0.25) is 0 Å². The zero-order valence-corrected chi connectivity index (χ0v) is 12.7. The predicted octanol–water partition coefficient (Wildman–Crippen LogP) is 1.62. The maximum atomic E-state index is 10.00. The molecule has 1 aliphatic rings. The molecule has 0 radical (unpaired) electrons. The molecule has 20 heavy (non-hydrogen) atoms. The van der Waals surface area contributed by atoms with Gasteiger partial charge < -0.3 is 24.1 Å². The van der Waals surface area contributed by atoms with E-state index in [2.05, 4.69) is 0 Å². The van der Waals surface area contributed by atoms with Crippen LogP contribution in [0.1, 0.15) is 32.1 Å². The molecule has 120 valence electrons. The molecule has 0 heterocycles. The molecular formula is C15H30O5. The Balaban J connectivity index is 1.82. The van der Waals surface area contributed by atoms with Gasteiger partial charge in [0.1, 0.15) is 0 Å². The molecule has 1 unspecified atom stereocenters. The minimum absolute atomic E-state index is 0.312. The molecule has 0 aromatic heterocycles. The number of aliphatic hydroxyl groups is 1. The van der Waals surface area contributed by atoms with Crippen molar-refractivity contribution in [1.29, 1.82) is 0 Å². The molecule has 0 amide bonds. The van der Waals surface area contributed by atoms with Crippen LogP contribution in [0.3, 0.4) is 0 Å². The lowest BCUT2D eigenvalue weighted by atomic mass is 9.85. The van der Waals surface area contributed by atoms with E-state index < -0.39 is 0 Å². The zero-order valence-electron chi connectivity index (χ0n) is 12.7. The van der Waals surface area contributed by atoms with Crippen LogP contribution in [0.5, 0.6) is 0 Å². The van der Waals surface area contributed by atoms with Crippen molar-refractivity contribution < 1.29 is 24.1 Å². The summed E-state index contributed by atoms with van der Waals surface area (Å²) < 4.78 is 21.0. The van der Waals surface area contributed by atoms with Crippen LogP contribution in [0.25, 0.3) is 0 Å². The average molecular weight is 290 g/mol. The lowest BCUT2D eigenvalue weighted by Crippen LogP contribution is -2.28. The topological polar surface area (TPSA) is 57.2 Å². The van der Waals surface area contributed by atoms with Crippen molar-refractivity contribution in [1.82, 2.24) is 0 Å². The van der Waals surface area contributed by atoms with E-state index in [-0.39, 0.29) is 6.10 Å². The number of hydrogen-bond acceptors (Lipinski definition) is 5. The van der Waals surface area contributed by atoms with Gasteiger partial charge in [-0.15, -0.1) is 0 Å². The molecular weight excluding hydrogens is 260 g/mol. The van der Waals surface area contributed by atoms with Crippen LogP contribution in [0.2, 0.25) is 0 Å². The fourth-order valence-electron chi connectivity index (χ4n) is 2.44. The van der Waals surface area contributed by atoms with Crippen LogP contribution in [-0.4, -0.2) is 64.6 Å². The van der Waals surface area contributed by atoms with Crippen molar-refractivity contribution >= 4 is 0 Å². The van der Waals surface area contributed by atoms with Gasteiger partial charge in [0.25, 0.3) is 0 Å². The molecule has 1 fully saturated rings. The lowest BCUT2D eigenvalue weighted by Gasteiger charge is -2.26. The van der Waals surface area contributed by atoms with Gasteiger partial charge in [-0.05, 0) is 18.8 Å². The minimum Gasteiger partial charge on any atom is -0.390 e. The summed E-state index contributed by atoms with van der Waals surface area (Å²) in [6.07, 6.45) is 5.76. The van der Waals surface area contributed by atoms with Crippen LogP contribution >= 0.6 is 0 Å². The Bertz CT molecular complexity index is 206. The largest absolute Gasteiger partial charge is 0.390 e. The van der Waals surface area contributed by atoms with Gasteiger partial charge in [-0.2, -0.15) is 0 Å². The summed E-state index contributed by atoms with van der Waals surface area (Å²) in [5.41, 5.74) is 0. The average Bonchev–Trinajstić information content (AvgIpc) is 2.50. The molecule has 0 aromatic rings. The van der Waals surface area contributed by atoms with Crippen LogP contribution in [-0.2, 0) is 18.9 Å². The van der Waals surface area contributed by atoms with Gasteiger partial charge in [0.05, 0.1) is 52.4 Å². The second kappa shape index (κ2) is 12.5. The summed E-state index contributed by atoms with van der Waals surface area (Å²) >= 11 is 0. The molecule has 1 atom stereocenters. The maximum absolute atomic E-state index is 10.00. The minimum atomic E-state index is -0.312. The van der Waals surface area contributed by atoms with Gasteiger partial charge in [0, 0.05) is 7.11 Å². The molecule has 0 saturated heterocycles. The molecule has 1 rings (SSSR count).